The van der Waals surface area contributed by atoms with Crippen molar-refractivity contribution in [3.8, 4) is 0 Å². The van der Waals surface area contributed by atoms with Gasteiger partial charge in [-0.3, -0.25) is 0 Å². The smallest absolute Gasteiger partial charge is 0.192 e. The molecule has 3 aliphatic carbocycles. The van der Waals surface area contributed by atoms with Gasteiger partial charge >= 0.3 is 0 Å². The first-order valence-corrected chi connectivity index (χ1v) is 10.3. The lowest BCUT2D eigenvalue weighted by atomic mass is 9.49. The van der Waals surface area contributed by atoms with Crippen molar-refractivity contribution in [2.24, 2.45) is 17.3 Å². The van der Waals surface area contributed by atoms with E-state index in [-0.39, 0.29) is 0 Å². The molecule has 1 fully saturated rings. The van der Waals surface area contributed by atoms with Gasteiger partial charge in [0.1, 0.15) is 0 Å². The number of hydrogen-bond donors (Lipinski definition) is 0. The maximum atomic E-state index is 6.39. The second kappa shape index (κ2) is 4.21. The summed E-state index contributed by atoms with van der Waals surface area (Å²) in [6.07, 6.45) is 5.15. The van der Waals surface area contributed by atoms with Crippen molar-refractivity contribution in [1.82, 2.24) is 0 Å². The zero-order valence-electron chi connectivity index (χ0n) is 13.3. The highest BCUT2D eigenvalue weighted by atomic mass is 28.4. The van der Waals surface area contributed by atoms with Crippen LogP contribution in [0.15, 0.2) is 11.6 Å². The predicted molar refractivity (Wildman–Crippen MR) is 81.2 cm³/mol. The highest BCUT2D eigenvalue weighted by Gasteiger charge is 2.51. The van der Waals surface area contributed by atoms with Crippen molar-refractivity contribution in [3.63, 3.8) is 0 Å². The third kappa shape index (κ3) is 2.22. The van der Waals surface area contributed by atoms with Crippen LogP contribution in [0.25, 0.3) is 0 Å². The van der Waals surface area contributed by atoms with E-state index in [1.807, 2.05) is 0 Å². The minimum atomic E-state index is -1.59. The van der Waals surface area contributed by atoms with Crippen molar-refractivity contribution < 1.29 is 4.43 Å². The summed E-state index contributed by atoms with van der Waals surface area (Å²) in [5.41, 5.74) is 2.12. The van der Waals surface area contributed by atoms with Crippen molar-refractivity contribution in [2.75, 3.05) is 6.61 Å². The molecule has 0 saturated heterocycles. The van der Waals surface area contributed by atoms with Crippen LogP contribution in [0.5, 0.6) is 0 Å². The topological polar surface area (TPSA) is 9.23 Å². The minimum Gasteiger partial charge on any atom is -0.413 e. The Morgan fingerprint density at radius 3 is 2.39 bits per heavy atom. The Labute approximate surface area is 114 Å². The van der Waals surface area contributed by atoms with Gasteiger partial charge in [0.2, 0.25) is 0 Å². The Hall–Kier alpha value is -0.0831. The number of rotatable bonds is 3. The fourth-order valence-electron chi connectivity index (χ4n) is 3.12. The Bertz CT molecular complexity index is 360. The molecular weight excluding hydrogens is 236 g/mol. The lowest BCUT2D eigenvalue weighted by molar-refractivity contribution is -0.0120. The molecule has 0 aliphatic heterocycles. The molecule has 3 aliphatic rings. The van der Waals surface area contributed by atoms with Gasteiger partial charge in [0.25, 0.3) is 0 Å². The normalized spacial score (nSPS) is 30.7. The molecule has 18 heavy (non-hydrogen) atoms. The minimum absolute atomic E-state index is 0.319. The van der Waals surface area contributed by atoms with E-state index in [1.165, 1.54) is 12.8 Å². The molecule has 0 heterocycles. The maximum absolute atomic E-state index is 6.39. The van der Waals surface area contributed by atoms with E-state index >= 15 is 0 Å². The van der Waals surface area contributed by atoms with E-state index < -0.39 is 8.32 Å². The zero-order valence-corrected chi connectivity index (χ0v) is 14.3. The lowest BCUT2D eigenvalue weighted by Gasteiger charge is -2.56. The van der Waals surface area contributed by atoms with Crippen LogP contribution in [0.3, 0.4) is 0 Å². The summed E-state index contributed by atoms with van der Waals surface area (Å²) in [6, 6.07) is 0. The molecule has 0 spiro atoms. The average molecular weight is 267 g/mol. The van der Waals surface area contributed by atoms with Crippen molar-refractivity contribution >= 4 is 8.32 Å². The molecule has 2 bridgehead atoms. The Kier molecular flexibility index (Phi) is 3.35. The van der Waals surface area contributed by atoms with Gasteiger partial charge in [0.15, 0.2) is 8.32 Å². The number of fused-ring (bicyclic) bond motifs is 1. The van der Waals surface area contributed by atoms with Crippen LogP contribution < -0.4 is 0 Å². The summed E-state index contributed by atoms with van der Waals surface area (Å²) < 4.78 is 6.39. The molecule has 0 aromatic carbocycles. The first-order chi connectivity index (χ1) is 8.06. The largest absolute Gasteiger partial charge is 0.413 e. The molecule has 1 nitrogen and oxygen atoms in total. The first-order valence-electron chi connectivity index (χ1n) is 7.38. The molecule has 2 unspecified atom stereocenters. The Balaban J connectivity index is 1.98. The van der Waals surface area contributed by atoms with Crippen molar-refractivity contribution in [1.29, 1.82) is 0 Å². The van der Waals surface area contributed by atoms with Crippen LogP contribution in [0, 0.1) is 17.3 Å². The molecule has 0 radical (unpaired) electrons. The molecule has 0 aromatic heterocycles. The monoisotopic (exact) mass is 266 g/mol. The molecule has 0 amide bonds. The van der Waals surface area contributed by atoms with Gasteiger partial charge in [-0.15, -0.1) is 0 Å². The Morgan fingerprint density at radius 1 is 1.33 bits per heavy atom. The summed E-state index contributed by atoms with van der Waals surface area (Å²) in [7, 11) is -1.59. The molecule has 3 rings (SSSR count). The van der Waals surface area contributed by atoms with Gasteiger partial charge in [-0.05, 0) is 53.8 Å². The van der Waals surface area contributed by atoms with Crippen molar-refractivity contribution in [3.05, 3.63) is 11.6 Å². The lowest BCUT2D eigenvalue weighted by Crippen LogP contribution is -2.50. The molecule has 0 aromatic rings. The van der Waals surface area contributed by atoms with Gasteiger partial charge in [-0.1, -0.05) is 40.7 Å². The molecule has 1 saturated carbocycles. The van der Waals surface area contributed by atoms with Crippen LogP contribution in [0.1, 0.15) is 47.5 Å². The van der Waals surface area contributed by atoms with Crippen LogP contribution in [0.4, 0.5) is 0 Å². The number of allylic oxidation sites excluding steroid dienone is 1. The predicted octanol–water partition coefficient (Wildman–Crippen LogP) is 5.00. The standard InChI is InChI=1S/C16H30OSi/c1-15(2,3)18(6,7)17-11-12-8-9-13-10-14(12)16(13,4)5/h8,13-14H,9-11H2,1-7H3. The van der Waals surface area contributed by atoms with Gasteiger partial charge in [-0.2, -0.15) is 0 Å². The van der Waals surface area contributed by atoms with Crippen LogP contribution in [0.2, 0.25) is 18.1 Å². The van der Waals surface area contributed by atoms with E-state index in [0.717, 1.165) is 18.4 Å². The van der Waals surface area contributed by atoms with E-state index in [2.05, 4.69) is 53.8 Å². The fraction of sp³-hybridized carbons (Fsp3) is 0.875. The van der Waals surface area contributed by atoms with Crippen molar-refractivity contribution in [2.45, 2.75) is 65.6 Å². The van der Waals surface area contributed by atoms with Gasteiger partial charge in [-0.25, -0.2) is 0 Å². The third-order valence-corrected chi connectivity index (χ3v) is 10.5. The van der Waals surface area contributed by atoms with Gasteiger partial charge in [0, 0.05) is 0 Å². The molecule has 2 atom stereocenters. The van der Waals surface area contributed by atoms with E-state index in [4.69, 9.17) is 4.43 Å². The molecule has 2 heteroatoms. The molecular formula is C16H30OSi. The van der Waals surface area contributed by atoms with Crippen LogP contribution in [-0.4, -0.2) is 14.9 Å². The quantitative estimate of drug-likeness (QED) is 0.516. The van der Waals surface area contributed by atoms with Gasteiger partial charge in [0.05, 0.1) is 6.61 Å². The summed E-state index contributed by atoms with van der Waals surface area (Å²) in [5.74, 6) is 1.72. The second-order valence-corrected chi connectivity index (χ2v) is 13.2. The summed E-state index contributed by atoms with van der Waals surface area (Å²) in [4.78, 5) is 0. The molecule has 104 valence electrons. The number of hydrogen-bond acceptors (Lipinski definition) is 1. The first kappa shape index (κ1) is 14.3. The van der Waals surface area contributed by atoms with Crippen LogP contribution >= 0.6 is 0 Å². The third-order valence-electron chi connectivity index (χ3n) is 5.99. The summed E-state index contributed by atoms with van der Waals surface area (Å²) >= 11 is 0. The highest BCUT2D eigenvalue weighted by molar-refractivity contribution is 6.74. The zero-order chi connectivity index (χ0) is 13.8. The highest BCUT2D eigenvalue weighted by Crippen LogP contribution is 2.59. The molecule has 0 N–H and O–H groups in total. The average Bonchev–Trinajstić information content (AvgIpc) is 2.25. The summed E-state index contributed by atoms with van der Waals surface area (Å²) in [6.45, 7) is 17.4. The van der Waals surface area contributed by atoms with E-state index in [0.29, 0.717) is 10.5 Å². The SMILES string of the molecule is CC1(C)C2CC=C(CO[Si](C)(C)C(C)(C)C)C1C2. The summed E-state index contributed by atoms with van der Waals surface area (Å²) in [5, 5.41) is 0.319. The van der Waals surface area contributed by atoms with Crippen LogP contribution in [-0.2, 0) is 4.43 Å². The Morgan fingerprint density at radius 2 is 1.94 bits per heavy atom. The second-order valence-electron chi connectivity index (χ2n) is 8.37. The van der Waals surface area contributed by atoms with E-state index in [1.54, 1.807) is 5.57 Å². The van der Waals surface area contributed by atoms with Gasteiger partial charge < -0.3 is 4.43 Å². The van der Waals surface area contributed by atoms with E-state index in [9.17, 15) is 0 Å². The fourth-order valence-corrected chi connectivity index (χ4v) is 4.08. The maximum Gasteiger partial charge on any atom is 0.192 e.